The van der Waals surface area contributed by atoms with Gasteiger partial charge in [0.05, 0.1) is 18.1 Å². The second-order valence-electron chi connectivity index (χ2n) is 6.30. The molecular weight excluding hydrogens is 453 g/mol. The lowest BCUT2D eigenvalue weighted by Gasteiger charge is -2.22. The minimum atomic E-state index is -2.84. The highest BCUT2D eigenvalue weighted by molar-refractivity contribution is 14.0. The largest absolute Gasteiger partial charge is 0.459 e. The minimum Gasteiger partial charge on any atom is -0.459 e. The number of nitrogens with one attached hydrogen (secondary N) is 1. The highest BCUT2D eigenvalue weighted by Crippen LogP contribution is 2.20. The molecule has 2 aromatic rings. The predicted octanol–water partition coefficient (Wildman–Crippen LogP) is 2.49. The summed E-state index contributed by atoms with van der Waals surface area (Å²) in [5.74, 6) is 2.33. The van der Waals surface area contributed by atoms with Crippen molar-refractivity contribution >= 4 is 50.7 Å². The van der Waals surface area contributed by atoms with Gasteiger partial charge in [-0.25, -0.2) is 8.42 Å². The van der Waals surface area contributed by atoms with Crippen LogP contribution in [0, 0.1) is 5.92 Å². The van der Waals surface area contributed by atoms with E-state index in [1.54, 1.807) is 7.05 Å². The van der Waals surface area contributed by atoms with E-state index in [1.807, 2.05) is 42.3 Å². The molecule has 0 radical (unpaired) electrons. The number of benzene rings is 1. The van der Waals surface area contributed by atoms with Gasteiger partial charge in [0.25, 0.3) is 0 Å². The van der Waals surface area contributed by atoms with Crippen LogP contribution in [-0.2, 0) is 16.4 Å². The van der Waals surface area contributed by atoms with Crippen molar-refractivity contribution in [1.82, 2.24) is 10.2 Å². The molecule has 0 aliphatic carbocycles. The van der Waals surface area contributed by atoms with Crippen LogP contribution in [0.25, 0.3) is 11.0 Å². The molecule has 2 heterocycles. The first-order valence-corrected chi connectivity index (χ1v) is 9.88. The fraction of sp³-hybridized carbons (Fsp3) is 0.471. The van der Waals surface area contributed by atoms with Crippen LogP contribution in [0.3, 0.4) is 0 Å². The third kappa shape index (κ3) is 5.10. The van der Waals surface area contributed by atoms with Gasteiger partial charge < -0.3 is 14.6 Å². The van der Waals surface area contributed by atoms with Crippen molar-refractivity contribution in [3.8, 4) is 0 Å². The Labute approximate surface area is 165 Å². The maximum absolute atomic E-state index is 11.5. The highest BCUT2D eigenvalue weighted by Gasteiger charge is 2.28. The monoisotopic (exact) mass is 477 g/mol. The van der Waals surface area contributed by atoms with Gasteiger partial charge in [0.1, 0.15) is 11.3 Å². The Balaban J connectivity index is 0.00000225. The molecule has 1 saturated heterocycles. The molecule has 1 atom stereocenters. The number of para-hydroxylation sites is 1. The standard InChI is InChI=1S/C17H23N3O3S.HI/c1-18-17(19-10-13-7-8-24(21,22)12-13)20(2)11-15-9-14-5-3-4-6-16(14)23-15;/h3-6,9,13H,7-8,10-12H2,1-2H3,(H,18,19);1H. The van der Waals surface area contributed by atoms with Crippen LogP contribution < -0.4 is 5.32 Å². The SMILES string of the molecule is CN=C(NCC1CCS(=O)(=O)C1)N(C)Cc1cc2ccccc2o1.I. The van der Waals surface area contributed by atoms with Crippen molar-refractivity contribution < 1.29 is 12.8 Å². The van der Waals surface area contributed by atoms with E-state index >= 15 is 0 Å². The first-order valence-electron chi connectivity index (χ1n) is 8.06. The molecule has 1 aromatic heterocycles. The van der Waals surface area contributed by atoms with Crippen molar-refractivity contribution in [2.24, 2.45) is 10.9 Å². The summed E-state index contributed by atoms with van der Waals surface area (Å²) in [7, 11) is 0.821. The predicted molar refractivity (Wildman–Crippen MR) is 111 cm³/mol. The number of fused-ring (bicyclic) bond motifs is 1. The Kier molecular flexibility index (Phi) is 6.72. The van der Waals surface area contributed by atoms with E-state index in [2.05, 4.69) is 10.3 Å². The molecule has 1 aliphatic heterocycles. The molecule has 0 spiro atoms. The van der Waals surface area contributed by atoms with Crippen molar-refractivity contribution in [2.75, 3.05) is 32.1 Å². The second kappa shape index (κ2) is 8.39. The number of rotatable bonds is 4. The molecule has 6 nitrogen and oxygen atoms in total. The summed E-state index contributed by atoms with van der Waals surface area (Å²) < 4.78 is 28.9. The minimum absolute atomic E-state index is 0. The number of halogens is 1. The Hall–Kier alpha value is -1.29. The summed E-state index contributed by atoms with van der Waals surface area (Å²) in [5, 5.41) is 4.36. The van der Waals surface area contributed by atoms with Crippen molar-refractivity contribution in [1.29, 1.82) is 0 Å². The van der Waals surface area contributed by atoms with E-state index in [0.717, 1.165) is 29.1 Å². The third-order valence-corrected chi connectivity index (χ3v) is 6.16. The van der Waals surface area contributed by atoms with Gasteiger partial charge in [-0.3, -0.25) is 4.99 Å². The summed E-state index contributed by atoms with van der Waals surface area (Å²) in [6.45, 7) is 1.22. The van der Waals surface area contributed by atoms with Gasteiger partial charge in [0, 0.05) is 26.0 Å². The number of hydrogen-bond acceptors (Lipinski definition) is 4. The van der Waals surface area contributed by atoms with Crippen LogP contribution in [0.4, 0.5) is 0 Å². The van der Waals surface area contributed by atoms with Crippen LogP contribution in [0.5, 0.6) is 0 Å². The summed E-state index contributed by atoms with van der Waals surface area (Å²) in [4.78, 5) is 6.25. The van der Waals surface area contributed by atoms with E-state index in [1.165, 1.54) is 0 Å². The van der Waals surface area contributed by atoms with Crippen LogP contribution in [0.2, 0.25) is 0 Å². The van der Waals surface area contributed by atoms with Gasteiger partial charge in [0.15, 0.2) is 15.8 Å². The highest BCUT2D eigenvalue weighted by atomic mass is 127. The quantitative estimate of drug-likeness (QED) is 0.416. The Morgan fingerprint density at radius 3 is 2.80 bits per heavy atom. The lowest BCUT2D eigenvalue weighted by molar-refractivity contribution is 0.408. The van der Waals surface area contributed by atoms with Gasteiger partial charge in [-0.05, 0) is 24.5 Å². The normalized spacial score (nSPS) is 19.6. The van der Waals surface area contributed by atoms with E-state index in [9.17, 15) is 8.42 Å². The summed E-state index contributed by atoms with van der Waals surface area (Å²) >= 11 is 0. The maximum atomic E-state index is 11.5. The molecule has 138 valence electrons. The molecule has 1 fully saturated rings. The molecule has 1 aromatic carbocycles. The number of aliphatic imine (C=N–C) groups is 1. The van der Waals surface area contributed by atoms with Gasteiger partial charge >= 0.3 is 0 Å². The average molecular weight is 477 g/mol. The molecule has 8 heteroatoms. The molecule has 3 rings (SSSR count). The first kappa shape index (κ1) is 20.0. The van der Waals surface area contributed by atoms with Crippen LogP contribution in [0.1, 0.15) is 12.2 Å². The molecule has 25 heavy (non-hydrogen) atoms. The fourth-order valence-electron chi connectivity index (χ4n) is 3.08. The van der Waals surface area contributed by atoms with Gasteiger partial charge in [-0.1, -0.05) is 18.2 Å². The average Bonchev–Trinajstić information content (AvgIpc) is 3.10. The number of nitrogens with zero attached hydrogens (tertiary/aromatic N) is 2. The van der Waals surface area contributed by atoms with E-state index < -0.39 is 9.84 Å². The molecular formula is C17H24IN3O3S. The lowest BCUT2D eigenvalue weighted by atomic mass is 10.1. The molecule has 0 amide bonds. The van der Waals surface area contributed by atoms with Gasteiger partial charge in [0.2, 0.25) is 0 Å². The smallest absolute Gasteiger partial charge is 0.193 e. The topological polar surface area (TPSA) is 74.9 Å². The number of furan rings is 1. The van der Waals surface area contributed by atoms with Crippen LogP contribution >= 0.6 is 24.0 Å². The molecule has 1 N–H and O–H groups in total. The first-order chi connectivity index (χ1) is 11.5. The number of guanidine groups is 1. The zero-order valence-electron chi connectivity index (χ0n) is 14.4. The number of hydrogen-bond donors (Lipinski definition) is 1. The zero-order chi connectivity index (χ0) is 17.2. The van der Waals surface area contributed by atoms with Crippen LogP contribution in [0.15, 0.2) is 39.7 Å². The third-order valence-electron chi connectivity index (χ3n) is 4.32. The van der Waals surface area contributed by atoms with E-state index in [0.29, 0.717) is 18.8 Å². The number of sulfone groups is 1. The molecule has 0 bridgehead atoms. The maximum Gasteiger partial charge on any atom is 0.193 e. The molecule has 0 saturated carbocycles. The zero-order valence-corrected chi connectivity index (χ0v) is 17.6. The van der Waals surface area contributed by atoms with E-state index in [-0.39, 0.29) is 35.6 Å². The fourth-order valence-corrected chi connectivity index (χ4v) is 4.94. The molecule has 1 unspecified atom stereocenters. The van der Waals surface area contributed by atoms with Gasteiger partial charge in [-0.2, -0.15) is 0 Å². The molecule has 1 aliphatic rings. The summed E-state index contributed by atoms with van der Waals surface area (Å²) in [5.41, 5.74) is 0.875. The van der Waals surface area contributed by atoms with Gasteiger partial charge in [-0.15, -0.1) is 24.0 Å². The summed E-state index contributed by atoms with van der Waals surface area (Å²) in [6, 6.07) is 9.95. The summed E-state index contributed by atoms with van der Waals surface area (Å²) in [6.07, 6.45) is 0.722. The van der Waals surface area contributed by atoms with E-state index in [4.69, 9.17) is 4.42 Å². The Morgan fingerprint density at radius 2 is 2.16 bits per heavy atom. The Bertz CT molecular complexity index is 815. The van der Waals surface area contributed by atoms with Crippen molar-refractivity contribution in [3.05, 3.63) is 36.1 Å². The van der Waals surface area contributed by atoms with Crippen molar-refractivity contribution in [2.45, 2.75) is 13.0 Å². The lowest BCUT2D eigenvalue weighted by Crippen LogP contribution is -2.40. The van der Waals surface area contributed by atoms with Crippen molar-refractivity contribution in [3.63, 3.8) is 0 Å². The van der Waals surface area contributed by atoms with Crippen LogP contribution in [-0.4, -0.2) is 51.4 Å². The Morgan fingerprint density at radius 1 is 1.40 bits per heavy atom. The second-order valence-corrected chi connectivity index (χ2v) is 8.53.